The molecule has 3 aromatic rings. The lowest BCUT2D eigenvalue weighted by molar-refractivity contribution is 0.415. The van der Waals surface area contributed by atoms with Gasteiger partial charge in [0.1, 0.15) is 10.8 Å². The van der Waals surface area contributed by atoms with Crippen molar-refractivity contribution in [3.63, 3.8) is 0 Å². The van der Waals surface area contributed by atoms with Crippen LogP contribution in [0.2, 0.25) is 0 Å². The molecule has 0 saturated carbocycles. The van der Waals surface area contributed by atoms with Gasteiger partial charge in [-0.2, -0.15) is 0 Å². The largest absolute Gasteiger partial charge is 0.497 e. The number of rotatable bonds is 8. The summed E-state index contributed by atoms with van der Waals surface area (Å²) in [5, 5.41) is 15.7. The Morgan fingerprint density at radius 3 is 2.72 bits per heavy atom. The van der Waals surface area contributed by atoms with Crippen molar-refractivity contribution in [2.45, 2.75) is 23.9 Å². The van der Waals surface area contributed by atoms with Crippen molar-refractivity contribution < 1.29 is 4.74 Å². The standard InChI is InChI=1S/C17H20N4OS3/c1-11(2)8-18-16-20-21-17(25-16)24-10-13-9-23-15(19-13)12-4-6-14(22-3)7-5-12/h4-7,9,11H,8,10H2,1-3H3,(H,18,20). The zero-order valence-electron chi connectivity index (χ0n) is 14.4. The average Bonchev–Trinajstić information content (AvgIpc) is 3.27. The third-order valence-electron chi connectivity index (χ3n) is 3.30. The molecule has 1 N–H and O–H groups in total. The number of aromatic nitrogens is 3. The molecule has 132 valence electrons. The Bertz CT molecular complexity index is 798. The Balaban J connectivity index is 1.56. The first-order valence-corrected chi connectivity index (χ1v) is 10.6. The van der Waals surface area contributed by atoms with Crippen molar-refractivity contribution in [1.29, 1.82) is 0 Å². The Hall–Kier alpha value is -1.64. The summed E-state index contributed by atoms with van der Waals surface area (Å²) in [6.45, 7) is 5.26. The normalized spacial score (nSPS) is 11.0. The van der Waals surface area contributed by atoms with Crippen molar-refractivity contribution in [3.8, 4) is 16.3 Å². The van der Waals surface area contributed by atoms with Gasteiger partial charge in [-0.15, -0.1) is 21.5 Å². The van der Waals surface area contributed by atoms with Gasteiger partial charge in [0.05, 0.1) is 12.8 Å². The fourth-order valence-electron chi connectivity index (χ4n) is 2.01. The van der Waals surface area contributed by atoms with E-state index >= 15 is 0 Å². The van der Waals surface area contributed by atoms with Gasteiger partial charge in [-0.25, -0.2) is 4.98 Å². The van der Waals surface area contributed by atoms with Gasteiger partial charge in [-0.1, -0.05) is 36.9 Å². The Morgan fingerprint density at radius 1 is 1.20 bits per heavy atom. The van der Waals surface area contributed by atoms with E-state index in [1.165, 1.54) is 0 Å². The summed E-state index contributed by atoms with van der Waals surface area (Å²) in [4.78, 5) is 4.72. The fraction of sp³-hybridized carbons (Fsp3) is 0.353. The first-order valence-electron chi connectivity index (χ1n) is 7.93. The van der Waals surface area contributed by atoms with Gasteiger partial charge >= 0.3 is 0 Å². The molecule has 3 rings (SSSR count). The molecule has 2 aromatic heterocycles. The Kier molecular flexibility index (Phi) is 6.28. The second-order valence-electron chi connectivity index (χ2n) is 5.81. The molecule has 0 unspecified atom stereocenters. The lowest BCUT2D eigenvalue weighted by Crippen LogP contribution is -2.07. The lowest BCUT2D eigenvalue weighted by atomic mass is 10.2. The Labute approximate surface area is 159 Å². The molecule has 2 heterocycles. The van der Waals surface area contributed by atoms with Crippen LogP contribution in [0.3, 0.4) is 0 Å². The number of nitrogens with one attached hydrogen (secondary N) is 1. The topological polar surface area (TPSA) is 59.9 Å². The monoisotopic (exact) mass is 392 g/mol. The van der Waals surface area contributed by atoms with Crippen LogP contribution in [-0.2, 0) is 5.75 Å². The fourth-order valence-corrected chi connectivity index (χ4v) is 4.59. The number of methoxy groups -OCH3 is 1. The van der Waals surface area contributed by atoms with Crippen LogP contribution in [0.15, 0.2) is 34.0 Å². The molecule has 0 aliphatic heterocycles. The zero-order valence-corrected chi connectivity index (χ0v) is 16.8. The van der Waals surface area contributed by atoms with Crippen LogP contribution in [0.1, 0.15) is 19.5 Å². The number of anilines is 1. The molecule has 0 saturated heterocycles. The van der Waals surface area contributed by atoms with E-state index in [0.717, 1.165) is 43.8 Å². The zero-order chi connectivity index (χ0) is 17.6. The summed E-state index contributed by atoms with van der Waals surface area (Å²) < 4.78 is 6.16. The van der Waals surface area contributed by atoms with Crippen LogP contribution in [0.5, 0.6) is 5.75 Å². The SMILES string of the molecule is COc1ccc(-c2nc(CSc3nnc(NCC(C)C)s3)cs2)cc1. The average molecular weight is 393 g/mol. The summed E-state index contributed by atoms with van der Waals surface area (Å²) in [6, 6.07) is 7.98. The molecule has 5 nitrogen and oxygen atoms in total. The molecule has 8 heteroatoms. The summed E-state index contributed by atoms with van der Waals surface area (Å²) in [6.07, 6.45) is 0. The molecule has 0 aliphatic rings. The van der Waals surface area contributed by atoms with Gasteiger partial charge in [0.25, 0.3) is 0 Å². The third-order valence-corrected chi connectivity index (χ3v) is 6.29. The van der Waals surface area contributed by atoms with E-state index in [-0.39, 0.29) is 0 Å². The second kappa shape index (κ2) is 8.64. The van der Waals surface area contributed by atoms with E-state index in [2.05, 4.69) is 34.7 Å². The van der Waals surface area contributed by atoms with Crippen LogP contribution >= 0.6 is 34.4 Å². The maximum absolute atomic E-state index is 5.19. The van der Waals surface area contributed by atoms with E-state index in [9.17, 15) is 0 Å². The highest BCUT2D eigenvalue weighted by atomic mass is 32.2. The van der Waals surface area contributed by atoms with Crippen LogP contribution in [0, 0.1) is 5.92 Å². The number of hydrogen-bond donors (Lipinski definition) is 1. The number of ether oxygens (including phenoxy) is 1. The highest BCUT2D eigenvalue weighted by Crippen LogP contribution is 2.31. The minimum Gasteiger partial charge on any atom is -0.497 e. The smallest absolute Gasteiger partial charge is 0.206 e. The third kappa shape index (κ3) is 5.17. The van der Waals surface area contributed by atoms with Crippen LogP contribution < -0.4 is 10.1 Å². The van der Waals surface area contributed by atoms with Gasteiger partial charge in [-0.3, -0.25) is 0 Å². The minimum atomic E-state index is 0.589. The molecule has 0 atom stereocenters. The van der Waals surface area contributed by atoms with Gasteiger partial charge in [0.15, 0.2) is 4.34 Å². The van der Waals surface area contributed by atoms with Crippen LogP contribution in [-0.4, -0.2) is 28.8 Å². The van der Waals surface area contributed by atoms with Crippen LogP contribution in [0.4, 0.5) is 5.13 Å². The molecule has 25 heavy (non-hydrogen) atoms. The molecular formula is C17H20N4OS3. The first-order chi connectivity index (χ1) is 12.1. The number of thioether (sulfide) groups is 1. The summed E-state index contributed by atoms with van der Waals surface area (Å²) >= 11 is 4.92. The van der Waals surface area contributed by atoms with E-state index in [1.54, 1.807) is 41.5 Å². The number of hydrogen-bond acceptors (Lipinski definition) is 8. The van der Waals surface area contributed by atoms with E-state index in [4.69, 9.17) is 9.72 Å². The van der Waals surface area contributed by atoms with Gasteiger partial charge in [0.2, 0.25) is 5.13 Å². The number of nitrogens with zero attached hydrogens (tertiary/aromatic N) is 3. The van der Waals surface area contributed by atoms with Gasteiger partial charge in [0, 0.05) is 23.2 Å². The van der Waals surface area contributed by atoms with E-state index < -0.39 is 0 Å². The number of thiazole rings is 1. The Morgan fingerprint density at radius 2 is 2.00 bits per heavy atom. The maximum Gasteiger partial charge on any atom is 0.206 e. The number of benzene rings is 1. The van der Waals surface area contributed by atoms with Gasteiger partial charge in [-0.05, 0) is 30.2 Å². The van der Waals surface area contributed by atoms with Crippen molar-refractivity contribution >= 4 is 39.6 Å². The quantitative estimate of drug-likeness (QED) is 0.543. The minimum absolute atomic E-state index is 0.589. The summed E-state index contributed by atoms with van der Waals surface area (Å²) in [7, 11) is 1.67. The predicted molar refractivity (Wildman–Crippen MR) is 107 cm³/mol. The molecule has 0 spiro atoms. The summed E-state index contributed by atoms with van der Waals surface area (Å²) in [5.41, 5.74) is 2.17. The second-order valence-corrected chi connectivity index (χ2v) is 8.87. The van der Waals surface area contributed by atoms with E-state index in [1.807, 2.05) is 24.3 Å². The maximum atomic E-state index is 5.19. The van der Waals surface area contributed by atoms with E-state index in [0.29, 0.717) is 5.92 Å². The molecule has 1 aromatic carbocycles. The lowest BCUT2D eigenvalue weighted by Gasteiger charge is -2.03. The van der Waals surface area contributed by atoms with Crippen molar-refractivity contribution in [2.24, 2.45) is 5.92 Å². The molecule has 0 aliphatic carbocycles. The molecule has 0 fully saturated rings. The highest BCUT2D eigenvalue weighted by Gasteiger charge is 2.09. The highest BCUT2D eigenvalue weighted by molar-refractivity contribution is 8.00. The molecule has 0 radical (unpaired) electrons. The van der Waals surface area contributed by atoms with Crippen molar-refractivity contribution in [2.75, 3.05) is 19.0 Å². The van der Waals surface area contributed by atoms with Crippen molar-refractivity contribution in [1.82, 2.24) is 15.2 Å². The van der Waals surface area contributed by atoms with Gasteiger partial charge < -0.3 is 10.1 Å². The first kappa shape index (κ1) is 18.2. The predicted octanol–water partition coefficient (Wildman–Crippen LogP) is 5.03. The summed E-state index contributed by atoms with van der Waals surface area (Å²) in [5.74, 6) is 2.24. The van der Waals surface area contributed by atoms with Crippen LogP contribution in [0.25, 0.3) is 10.6 Å². The molecular weight excluding hydrogens is 372 g/mol. The molecule has 0 amide bonds. The molecule has 0 bridgehead atoms. The van der Waals surface area contributed by atoms with Crippen molar-refractivity contribution in [3.05, 3.63) is 35.3 Å².